The Balaban J connectivity index is 1.83. The van der Waals surface area contributed by atoms with Crippen LogP contribution in [0.1, 0.15) is 36.1 Å². The number of hydrogen-bond acceptors (Lipinski definition) is 5. The zero-order valence-corrected chi connectivity index (χ0v) is 28.0. The summed E-state index contributed by atoms with van der Waals surface area (Å²) in [5.74, 6) is -0.329. The lowest BCUT2D eigenvalue weighted by atomic mass is 10.0. The highest BCUT2D eigenvalue weighted by atomic mass is 32.2. The van der Waals surface area contributed by atoms with Crippen molar-refractivity contribution in [2.75, 3.05) is 24.5 Å². The maximum atomic E-state index is 14.6. The summed E-state index contributed by atoms with van der Waals surface area (Å²) in [6, 6.07) is 29.5. The summed E-state index contributed by atoms with van der Waals surface area (Å²) in [5, 5.41) is 3.02. The van der Waals surface area contributed by atoms with Gasteiger partial charge in [-0.25, -0.2) is 8.42 Å². The fourth-order valence-electron chi connectivity index (χ4n) is 5.13. The molecule has 0 heterocycles. The maximum Gasteiger partial charge on any atom is 0.264 e. The number of rotatable bonds is 14. The van der Waals surface area contributed by atoms with Crippen molar-refractivity contribution in [3.63, 3.8) is 0 Å². The van der Waals surface area contributed by atoms with Crippen LogP contribution >= 0.6 is 0 Å². The monoisotopic (exact) mass is 641 g/mol. The Kier molecular flexibility index (Phi) is 11.6. The molecular weight excluding hydrogens is 598 g/mol. The first kappa shape index (κ1) is 34.2. The minimum Gasteiger partial charge on any atom is -0.495 e. The van der Waals surface area contributed by atoms with Gasteiger partial charge in [-0.15, -0.1) is 0 Å². The maximum absolute atomic E-state index is 14.6. The average Bonchev–Trinajstić information content (AvgIpc) is 3.05. The summed E-state index contributed by atoms with van der Waals surface area (Å²) in [5.41, 5.74) is 3.81. The number of hydrogen-bond donors (Lipinski definition) is 1. The molecule has 9 heteroatoms. The molecule has 46 heavy (non-hydrogen) atoms. The van der Waals surface area contributed by atoms with Gasteiger partial charge in [-0.3, -0.25) is 13.9 Å². The van der Waals surface area contributed by atoms with Crippen LogP contribution in [0.25, 0.3) is 0 Å². The quantitative estimate of drug-likeness (QED) is 0.185. The molecule has 4 aromatic rings. The molecule has 0 unspecified atom stereocenters. The minimum atomic E-state index is -4.23. The Morgan fingerprint density at radius 2 is 1.46 bits per heavy atom. The molecule has 0 bridgehead atoms. The van der Waals surface area contributed by atoms with Gasteiger partial charge in [0.25, 0.3) is 10.0 Å². The smallest absolute Gasteiger partial charge is 0.264 e. The van der Waals surface area contributed by atoms with Crippen molar-refractivity contribution in [1.29, 1.82) is 0 Å². The van der Waals surface area contributed by atoms with Crippen LogP contribution in [0.5, 0.6) is 5.75 Å². The molecule has 0 radical (unpaired) electrons. The highest BCUT2D eigenvalue weighted by molar-refractivity contribution is 7.92. The van der Waals surface area contributed by atoms with Crippen LogP contribution in [0.4, 0.5) is 5.69 Å². The van der Waals surface area contributed by atoms with Gasteiger partial charge in [-0.2, -0.15) is 0 Å². The molecule has 0 saturated heterocycles. The second kappa shape index (κ2) is 15.6. The number of nitrogens with zero attached hydrogens (tertiary/aromatic N) is 2. The Bertz CT molecular complexity index is 1720. The Hall–Kier alpha value is -4.63. The molecule has 0 aliphatic rings. The lowest BCUT2D eigenvalue weighted by Crippen LogP contribution is -2.53. The van der Waals surface area contributed by atoms with Gasteiger partial charge in [0.15, 0.2) is 0 Å². The average molecular weight is 642 g/mol. The number of para-hydroxylation sites is 2. The summed E-state index contributed by atoms with van der Waals surface area (Å²) >= 11 is 0. The molecule has 8 nitrogen and oxygen atoms in total. The molecule has 0 aliphatic carbocycles. The van der Waals surface area contributed by atoms with Gasteiger partial charge < -0.3 is 15.0 Å². The molecule has 1 atom stereocenters. The Morgan fingerprint density at radius 3 is 2.11 bits per heavy atom. The van der Waals surface area contributed by atoms with Gasteiger partial charge in [0.1, 0.15) is 18.3 Å². The van der Waals surface area contributed by atoms with Gasteiger partial charge in [0.05, 0.1) is 17.7 Å². The highest BCUT2D eigenvalue weighted by Crippen LogP contribution is 2.33. The summed E-state index contributed by atoms with van der Waals surface area (Å²) in [6.07, 6.45) is 0.252. The molecule has 0 spiro atoms. The number of ether oxygens (including phenoxy) is 1. The molecular formula is C37H43N3O5S. The first-order valence-electron chi connectivity index (χ1n) is 15.4. The van der Waals surface area contributed by atoms with E-state index in [-0.39, 0.29) is 35.4 Å². The Morgan fingerprint density at radius 1 is 0.826 bits per heavy atom. The number of aryl methyl sites for hydroxylation is 2. The minimum absolute atomic E-state index is 0.0396. The van der Waals surface area contributed by atoms with E-state index in [1.54, 1.807) is 36.4 Å². The van der Waals surface area contributed by atoms with Crippen molar-refractivity contribution in [3.8, 4) is 5.75 Å². The SMILES string of the molecule is COc1ccccc1N(CC(=O)N(Cc1ccccc1C)[C@H](Cc1ccccc1)C(=O)NCC(C)C)S(=O)(=O)c1ccc(C)cc1. The number of nitrogens with one attached hydrogen (secondary N) is 1. The fraction of sp³-hybridized carbons (Fsp3) is 0.297. The zero-order chi connectivity index (χ0) is 33.3. The van der Waals surface area contributed by atoms with E-state index in [0.717, 1.165) is 26.6 Å². The summed E-state index contributed by atoms with van der Waals surface area (Å²) in [6.45, 7) is 7.83. The molecule has 0 fully saturated rings. The first-order valence-corrected chi connectivity index (χ1v) is 16.8. The van der Waals surface area contributed by atoms with Crippen molar-refractivity contribution in [2.24, 2.45) is 5.92 Å². The number of sulfonamides is 1. The van der Waals surface area contributed by atoms with Crippen LogP contribution in [0.3, 0.4) is 0 Å². The van der Waals surface area contributed by atoms with E-state index in [9.17, 15) is 18.0 Å². The molecule has 0 aromatic heterocycles. The zero-order valence-electron chi connectivity index (χ0n) is 27.1. The van der Waals surface area contributed by atoms with Crippen LogP contribution in [-0.2, 0) is 32.6 Å². The van der Waals surface area contributed by atoms with E-state index in [1.807, 2.05) is 82.3 Å². The van der Waals surface area contributed by atoms with Crippen molar-refractivity contribution in [3.05, 3.63) is 125 Å². The molecule has 2 amide bonds. The van der Waals surface area contributed by atoms with E-state index in [1.165, 1.54) is 24.1 Å². The number of amides is 2. The predicted octanol–water partition coefficient (Wildman–Crippen LogP) is 5.92. The third-order valence-corrected chi connectivity index (χ3v) is 9.57. The largest absolute Gasteiger partial charge is 0.495 e. The number of carbonyl (C=O) groups is 2. The predicted molar refractivity (Wildman–Crippen MR) is 182 cm³/mol. The van der Waals surface area contributed by atoms with Crippen LogP contribution in [0.2, 0.25) is 0 Å². The van der Waals surface area contributed by atoms with E-state index in [4.69, 9.17) is 4.74 Å². The van der Waals surface area contributed by atoms with Crippen molar-refractivity contribution < 1.29 is 22.7 Å². The standard InChI is InChI=1S/C37H43N3O5S/c1-27(2)24-38-37(42)34(23-30-14-7-6-8-15-30)39(25-31-16-10-9-13-29(31)4)36(41)26-40(33-17-11-12-18-35(33)45-5)46(43,44)32-21-19-28(3)20-22-32/h6-22,27,34H,23-26H2,1-5H3,(H,38,42)/t34-/m1/s1. The second-order valence-corrected chi connectivity index (χ2v) is 13.7. The number of benzene rings is 4. The summed E-state index contributed by atoms with van der Waals surface area (Å²) in [4.78, 5) is 30.1. The third-order valence-electron chi connectivity index (χ3n) is 7.80. The van der Waals surface area contributed by atoms with Crippen LogP contribution in [0, 0.1) is 19.8 Å². The first-order chi connectivity index (χ1) is 22.0. The Labute approximate surface area is 273 Å². The van der Waals surface area contributed by atoms with Gasteiger partial charge in [0, 0.05) is 19.5 Å². The van der Waals surface area contributed by atoms with Crippen LogP contribution in [0.15, 0.2) is 108 Å². The van der Waals surface area contributed by atoms with Gasteiger partial charge in [-0.1, -0.05) is 98.3 Å². The van der Waals surface area contributed by atoms with E-state index in [2.05, 4.69) is 5.32 Å². The van der Waals surface area contributed by atoms with E-state index < -0.39 is 28.5 Å². The second-order valence-electron chi connectivity index (χ2n) is 11.8. The summed E-state index contributed by atoms with van der Waals surface area (Å²) in [7, 11) is -2.78. The van der Waals surface area contributed by atoms with Crippen molar-refractivity contribution >= 4 is 27.5 Å². The van der Waals surface area contributed by atoms with Gasteiger partial charge >= 0.3 is 0 Å². The fourth-order valence-corrected chi connectivity index (χ4v) is 6.56. The molecule has 242 valence electrons. The normalized spacial score (nSPS) is 12.0. The number of anilines is 1. The molecule has 0 saturated carbocycles. The number of carbonyl (C=O) groups excluding carboxylic acids is 2. The topological polar surface area (TPSA) is 96.0 Å². The molecule has 4 rings (SSSR count). The van der Waals surface area contributed by atoms with E-state index in [0.29, 0.717) is 12.3 Å². The van der Waals surface area contributed by atoms with Crippen molar-refractivity contribution in [2.45, 2.75) is 51.6 Å². The third kappa shape index (κ3) is 8.54. The van der Waals surface area contributed by atoms with Crippen molar-refractivity contribution in [1.82, 2.24) is 10.2 Å². The number of methoxy groups -OCH3 is 1. The summed E-state index contributed by atoms with van der Waals surface area (Å²) < 4.78 is 35.2. The van der Waals surface area contributed by atoms with Gasteiger partial charge in [0.2, 0.25) is 11.8 Å². The molecule has 0 aliphatic heterocycles. The van der Waals surface area contributed by atoms with E-state index >= 15 is 0 Å². The lowest BCUT2D eigenvalue weighted by molar-refractivity contribution is -0.140. The van der Waals surface area contributed by atoms with Gasteiger partial charge in [-0.05, 0) is 60.7 Å². The molecule has 4 aromatic carbocycles. The van der Waals surface area contributed by atoms with Crippen LogP contribution in [-0.4, -0.2) is 51.4 Å². The highest BCUT2D eigenvalue weighted by Gasteiger charge is 2.35. The molecule has 1 N–H and O–H groups in total. The lowest BCUT2D eigenvalue weighted by Gasteiger charge is -2.34. The van der Waals surface area contributed by atoms with Crippen LogP contribution < -0.4 is 14.4 Å².